The van der Waals surface area contributed by atoms with Crippen LogP contribution in [0.1, 0.15) is 22.9 Å². The van der Waals surface area contributed by atoms with Gasteiger partial charge in [0.2, 0.25) is 5.91 Å². The Hall–Kier alpha value is -2.96. The third-order valence-electron chi connectivity index (χ3n) is 6.02. The lowest BCUT2D eigenvalue weighted by Gasteiger charge is -2.36. The fraction of sp³-hybridized carbons (Fsp3) is 0.304. The topological polar surface area (TPSA) is 61.6 Å². The molecule has 0 bridgehead atoms. The van der Waals surface area contributed by atoms with Crippen LogP contribution in [-0.2, 0) is 24.2 Å². The van der Waals surface area contributed by atoms with Gasteiger partial charge in [-0.05, 0) is 42.2 Å². The van der Waals surface area contributed by atoms with Gasteiger partial charge in [-0.3, -0.25) is 19.3 Å². The number of benzene rings is 2. The quantitative estimate of drug-likeness (QED) is 0.749. The van der Waals surface area contributed by atoms with E-state index in [-0.39, 0.29) is 25.1 Å². The lowest BCUT2D eigenvalue weighted by molar-refractivity contribution is -0.120. The number of carbonyl (C=O) groups is 1. The monoisotopic (exact) mass is 388 g/mol. The number of aliphatic hydroxyl groups excluding tert-OH is 1. The van der Waals surface area contributed by atoms with E-state index in [1.807, 2.05) is 52.0 Å². The van der Waals surface area contributed by atoms with Gasteiger partial charge < -0.3 is 5.11 Å². The van der Waals surface area contributed by atoms with E-state index in [9.17, 15) is 9.90 Å². The second-order valence-electron chi connectivity index (χ2n) is 7.63. The van der Waals surface area contributed by atoms with Crippen LogP contribution in [-0.4, -0.2) is 45.4 Å². The first-order chi connectivity index (χ1) is 14.3. The lowest BCUT2D eigenvalue weighted by atomic mass is 10.0. The lowest BCUT2D eigenvalue weighted by Crippen LogP contribution is -2.45. The van der Waals surface area contributed by atoms with Gasteiger partial charge in [-0.25, -0.2) is 0 Å². The molecule has 3 aromatic rings. The van der Waals surface area contributed by atoms with Crippen LogP contribution >= 0.6 is 0 Å². The summed E-state index contributed by atoms with van der Waals surface area (Å²) < 4.78 is 1.92. The van der Waals surface area contributed by atoms with Crippen molar-refractivity contribution in [2.45, 2.75) is 25.4 Å². The summed E-state index contributed by atoms with van der Waals surface area (Å²) in [5.74, 6) is 0.0261. The highest BCUT2D eigenvalue weighted by Crippen LogP contribution is 2.36. The molecule has 2 aromatic carbocycles. The van der Waals surface area contributed by atoms with E-state index >= 15 is 0 Å². The first-order valence-electron chi connectivity index (χ1n) is 10.1. The summed E-state index contributed by atoms with van der Waals surface area (Å²) >= 11 is 0. The number of aliphatic hydroxyl groups is 1. The van der Waals surface area contributed by atoms with Gasteiger partial charge in [-0.15, -0.1) is 0 Å². The van der Waals surface area contributed by atoms with Crippen LogP contribution in [0.4, 0.5) is 11.4 Å². The number of hydrogen-bond donors (Lipinski definition) is 1. The van der Waals surface area contributed by atoms with E-state index in [2.05, 4.69) is 22.1 Å². The van der Waals surface area contributed by atoms with Crippen molar-refractivity contribution < 1.29 is 9.90 Å². The standard InChI is InChI=1S/C23H24N4O2/c28-16-22-21-11-12-24-26(21)14-13-25(22)15-23(29)27-19-7-3-1-5-17(19)9-10-18-6-2-4-8-20(18)27/h1-8,11-12,22,28H,9-10,13-16H2. The van der Waals surface area contributed by atoms with E-state index in [1.165, 1.54) is 11.1 Å². The molecule has 0 fully saturated rings. The van der Waals surface area contributed by atoms with Gasteiger partial charge in [0.25, 0.3) is 0 Å². The van der Waals surface area contributed by atoms with Crippen LogP contribution in [0.25, 0.3) is 0 Å². The number of aryl methyl sites for hydroxylation is 2. The molecule has 0 aliphatic carbocycles. The van der Waals surface area contributed by atoms with E-state index in [0.717, 1.165) is 36.5 Å². The van der Waals surface area contributed by atoms with E-state index in [0.29, 0.717) is 6.54 Å². The highest BCUT2D eigenvalue weighted by atomic mass is 16.3. The maximum atomic E-state index is 13.6. The van der Waals surface area contributed by atoms with Crippen molar-refractivity contribution in [3.63, 3.8) is 0 Å². The summed E-state index contributed by atoms with van der Waals surface area (Å²) in [6.45, 7) is 1.62. The molecule has 1 atom stereocenters. The third-order valence-corrected chi connectivity index (χ3v) is 6.02. The second-order valence-corrected chi connectivity index (χ2v) is 7.63. The van der Waals surface area contributed by atoms with Gasteiger partial charge in [0.15, 0.2) is 0 Å². The molecule has 148 valence electrons. The number of rotatable bonds is 3. The minimum absolute atomic E-state index is 0.0261. The van der Waals surface area contributed by atoms with Gasteiger partial charge >= 0.3 is 0 Å². The van der Waals surface area contributed by atoms with Crippen molar-refractivity contribution in [2.75, 3.05) is 24.6 Å². The zero-order chi connectivity index (χ0) is 19.8. The number of nitrogens with zero attached hydrogens (tertiary/aromatic N) is 4. The Morgan fingerprint density at radius 1 is 0.966 bits per heavy atom. The maximum Gasteiger partial charge on any atom is 0.245 e. The fourth-order valence-corrected chi connectivity index (χ4v) is 4.57. The molecule has 2 aliphatic rings. The Balaban J connectivity index is 1.50. The fourth-order valence-electron chi connectivity index (χ4n) is 4.57. The largest absolute Gasteiger partial charge is 0.394 e. The van der Waals surface area contributed by atoms with Crippen molar-refractivity contribution in [3.05, 3.63) is 77.6 Å². The molecular weight excluding hydrogens is 364 g/mol. The molecule has 5 rings (SSSR count). The molecule has 0 saturated heterocycles. The van der Waals surface area contributed by atoms with Crippen molar-refractivity contribution in [1.82, 2.24) is 14.7 Å². The van der Waals surface area contributed by atoms with Crippen LogP contribution in [0.15, 0.2) is 60.8 Å². The highest BCUT2D eigenvalue weighted by Gasteiger charge is 2.32. The Labute approximate surface area is 170 Å². The summed E-state index contributed by atoms with van der Waals surface area (Å²) in [6, 6.07) is 18.0. The van der Waals surface area contributed by atoms with Crippen LogP contribution < -0.4 is 4.90 Å². The summed E-state index contributed by atoms with van der Waals surface area (Å²) in [5, 5.41) is 14.3. The molecule has 3 heterocycles. The van der Waals surface area contributed by atoms with Crippen molar-refractivity contribution in [2.24, 2.45) is 0 Å². The van der Waals surface area contributed by atoms with Crippen molar-refractivity contribution in [1.29, 1.82) is 0 Å². The second kappa shape index (κ2) is 7.46. The van der Waals surface area contributed by atoms with Crippen LogP contribution in [0, 0.1) is 0 Å². The Morgan fingerprint density at radius 3 is 2.28 bits per heavy atom. The van der Waals surface area contributed by atoms with E-state index in [4.69, 9.17) is 0 Å². The molecule has 2 aliphatic heterocycles. The van der Waals surface area contributed by atoms with Crippen molar-refractivity contribution >= 4 is 17.3 Å². The summed E-state index contributed by atoms with van der Waals surface area (Å²) in [6.07, 6.45) is 3.59. The van der Waals surface area contributed by atoms with Crippen molar-refractivity contribution in [3.8, 4) is 0 Å². The number of amides is 1. The van der Waals surface area contributed by atoms with Gasteiger partial charge in [0, 0.05) is 12.7 Å². The third kappa shape index (κ3) is 3.14. The van der Waals surface area contributed by atoms with Gasteiger partial charge in [0.1, 0.15) is 0 Å². The van der Waals surface area contributed by atoms with Crippen LogP contribution in [0.5, 0.6) is 0 Å². The number of anilines is 2. The number of aromatic nitrogens is 2. The van der Waals surface area contributed by atoms with E-state index < -0.39 is 0 Å². The molecule has 6 heteroatoms. The number of carbonyl (C=O) groups excluding carboxylic acids is 1. The first kappa shape index (κ1) is 18.1. The minimum atomic E-state index is -0.215. The molecule has 1 aromatic heterocycles. The highest BCUT2D eigenvalue weighted by molar-refractivity contribution is 6.03. The van der Waals surface area contributed by atoms with Gasteiger partial charge in [-0.2, -0.15) is 5.10 Å². The number of fused-ring (bicyclic) bond motifs is 3. The minimum Gasteiger partial charge on any atom is -0.394 e. The maximum absolute atomic E-state index is 13.6. The molecule has 1 amide bonds. The Morgan fingerprint density at radius 2 is 1.62 bits per heavy atom. The average Bonchev–Trinajstić information content (AvgIpc) is 3.16. The van der Waals surface area contributed by atoms with Gasteiger partial charge in [-0.1, -0.05) is 36.4 Å². The summed E-state index contributed by atoms with van der Waals surface area (Å²) in [7, 11) is 0. The molecule has 1 N–H and O–H groups in total. The molecular formula is C23H24N4O2. The predicted octanol–water partition coefficient (Wildman–Crippen LogP) is 2.70. The zero-order valence-corrected chi connectivity index (χ0v) is 16.2. The summed E-state index contributed by atoms with van der Waals surface area (Å²) in [4.78, 5) is 17.6. The Bertz CT molecular complexity index is 997. The summed E-state index contributed by atoms with van der Waals surface area (Å²) in [5.41, 5.74) is 5.26. The smallest absolute Gasteiger partial charge is 0.245 e. The molecule has 0 spiro atoms. The SMILES string of the molecule is O=C(CN1CCn2nccc2C1CO)N1c2ccccc2CCc2ccccc21. The Kier molecular flexibility index (Phi) is 4.66. The molecule has 0 saturated carbocycles. The molecule has 29 heavy (non-hydrogen) atoms. The van der Waals surface area contributed by atoms with Crippen LogP contribution in [0.3, 0.4) is 0 Å². The number of para-hydroxylation sites is 2. The predicted molar refractivity (Wildman–Crippen MR) is 111 cm³/mol. The molecule has 6 nitrogen and oxygen atoms in total. The average molecular weight is 388 g/mol. The number of hydrogen-bond acceptors (Lipinski definition) is 4. The normalized spacial score (nSPS) is 18.5. The zero-order valence-electron chi connectivity index (χ0n) is 16.2. The van der Waals surface area contributed by atoms with Gasteiger partial charge in [0.05, 0.1) is 42.8 Å². The molecule has 1 unspecified atom stereocenters. The van der Waals surface area contributed by atoms with E-state index in [1.54, 1.807) is 6.20 Å². The first-order valence-corrected chi connectivity index (χ1v) is 10.1. The molecule has 0 radical (unpaired) electrons. The van der Waals surface area contributed by atoms with Crippen LogP contribution in [0.2, 0.25) is 0 Å².